The Balaban J connectivity index is 1.57. The molecule has 2 aromatic rings. The highest BCUT2D eigenvalue weighted by molar-refractivity contribution is 7.13. The van der Waals surface area contributed by atoms with Crippen LogP contribution < -0.4 is 4.74 Å². The number of piperidine rings is 1. The molecule has 0 bridgehead atoms. The molecule has 1 unspecified atom stereocenters. The minimum Gasteiger partial charge on any atom is -0.497 e. The number of nitrogens with zero attached hydrogens (tertiary/aromatic N) is 2. The first-order valence-electron chi connectivity index (χ1n) is 8.67. The molecule has 1 saturated heterocycles. The van der Waals surface area contributed by atoms with E-state index >= 15 is 0 Å². The van der Waals surface area contributed by atoms with Gasteiger partial charge in [0.1, 0.15) is 10.8 Å². The summed E-state index contributed by atoms with van der Waals surface area (Å²) in [5.74, 6) is 0.645. The van der Waals surface area contributed by atoms with E-state index in [9.17, 15) is 4.79 Å². The van der Waals surface area contributed by atoms with Crippen molar-refractivity contribution >= 4 is 17.3 Å². The first-order valence-corrected chi connectivity index (χ1v) is 9.55. The molecule has 1 fully saturated rings. The molecule has 0 saturated carbocycles. The summed E-state index contributed by atoms with van der Waals surface area (Å²) in [5.41, 5.74) is 2.20. The molecule has 134 valence electrons. The molecule has 1 aliphatic rings. The fraction of sp³-hybridized carbons (Fsp3) is 0.474. The maximum atomic E-state index is 10.8. The lowest BCUT2D eigenvalue weighted by Crippen LogP contribution is -2.35. The van der Waals surface area contributed by atoms with E-state index in [2.05, 4.69) is 10.3 Å². The summed E-state index contributed by atoms with van der Waals surface area (Å²) in [4.78, 5) is 17.9. The molecule has 1 atom stereocenters. The fourth-order valence-electron chi connectivity index (χ4n) is 3.33. The normalized spacial score (nSPS) is 18.2. The predicted octanol–water partition coefficient (Wildman–Crippen LogP) is 3.90. The minimum absolute atomic E-state index is 0.275. The molecule has 0 radical (unpaired) electrons. The Hall–Kier alpha value is -1.92. The van der Waals surface area contributed by atoms with E-state index in [0.29, 0.717) is 5.92 Å². The topological polar surface area (TPSA) is 62.7 Å². The third-order valence-electron chi connectivity index (χ3n) is 4.64. The third-order valence-corrected chi connectivity index (χ3v) is 5.58. The summed E-state index contributed by atoms with van der Waals surface area (Å²) in [5, 5.41) is 12.0. The van der Waals surface area contributed by atoms with Crippen LogP contribution in [-0.4, -0.2) is 41.2 Å². The van der Waals surface area contributed by atoms with Gasteiger partial charge in [0.05, 0.1) is 12.8 Å². The lowest BCUT2D eigenvalue weighted by Gasteiger charge is -2.32. The van der Waals surface area contributed by atoms with Gasteiger partial charge in [0.2, 0.25) is 0 Å². The van der Waals surface area contributed by atoms with Gasteiger partial charge in [-0.15, -0.1) is 11.3 Å². The quantitative estimate of drug-likeness (QED) is 0.811. The van der Waals surface area contributed by atoms with Gasteiger partial charge in [-0.25, -0.2) is 4.98 Å². The summed E-state index contributed by atoms with van der Waals surface area (Å²) in [6.45, 7) is 2.89. The van der Waals surface area contributed by atoms with Gasteiger partial charge in [-0.3, -0.25) is 9.69 Å². The summed E-state index contributed by atoms with van der Waals surface area (Å²) in [6.07, 6.45) is 3.33. The molecular weight excluding hydrogens is 336 g/mol. The van der Waals surface area contributed by atoms with Crippen molar-refractivity contribution in [2.45, 2.75) is 32.2 Å². The Kier molecular flexibility index (Phi) is 6.04. The molecule has 1 aromatic carbocycles. The standard InChI is InChI=1S/C19H24N2O3S/c1-24-17-7-5-15(6-8-17)19-20-16(13-25-19)12-21-10-2-3-14(11-21)4-9-18(22)23/h5-8,13-14H,2-4,9-12H2,1H3,(H,22,23). The smallest absolute Gasteiger partial charge is 0.303 e. The highest BCUT2D eigenvalue weighted by atomic mass is 32.1. The van der Waals surface area contributed by atoms with Crippen molar-refractivity contribution in [3.05, 3.63) is 35.3 Å². The van der Waals surface area contributed by atoms with Crippen molar-refractivity contribution in [2.24, 2.45) is 5.92 Å². The number of likely N-dealkylation sites (tertiary alicyclic amines) is 1. The van der Waals surface area contributed by atoms with Crippen LogP contribution in [0.1, 0.15) is 31.4 Å². The van der Waals surface area contributed by atoms with Crippen molar-refractivity contribution in [3.63, 3.8) is 0 Å². The Morgan fingerprint density at radius 2 is 2.20 bits per heavy atom. The molecule has 1 aliphatic heterocycles. The van der Waals surface area contributed by atoms with Crippen LogP contribution in [0, 0.1) is 5.92 Å². The van der Waals surface area contributed by atoms with Crippen LogP contribution in [0.5, 0.6) is 5.75 Å². The zero-order valence-corrected chi connectivity index (χ0v) is 15.3. The lowest BCUT2D eigenvalue weighted by molar-refractivity contribution is -0.137. The molecular formula is C19H24N2O3S. The number of carboxylic acid groups (broad SMARTS) is 1. The number of aliphatic carboxylic acids is 1. The molecule has 0 amide bonds. The zero-order chi connectivity index (χ0) is 17.6. The summed E-state index contributed by atoms with van der Waals surface area (Å²) >= 11 is 1.66. The van der Waals surface area contributed by atoms with Gasteiger partial charge in [0.25, 0.3) is 0 Å². The fourth-order valence-corrected chi connectivity index (χ4v) is 4.15. The van der Waals surface area contributed by atoms with Gasteiger partial charge in [-0.05, 0) is 56.0 Å². The average molecular weight is 360 g/mol. The molecule has 6 heteroatoms. The second kappa shape index (κ2) is 8.45. The van der Waals surface area contributed by atoms with E-state index in [4.69, 9.17) is 14.8 Å². The van der Waals surface area contributed by atoms with Crippen LogP contribution in [0.4, 0.5) is 0 Å². The van der Waals surface area contributed by atoms with Gasteiger partial charge >= 0.3 is 5.97 Å². The maximum absolute atomic E-state index is 10.8. The number of carbonyl (C=O) groups is 1. The predicted molar refractivity (Wildman–Crippen MR) is 99.0 cm³/mol. The van der Waals surface area contributed by atoms with E-state index in [1.54, 1.807) is 18.4 Å². The molecule has 5 nitrogen and oxygen atoms in total. The molecule has 1 aromatic heterocycles. The van der Waals surface area contributed by atoms with E-state index in [1.165, 1.54) is 0 Å². The largest absolute Gasteiger partial charge is 0.497 e. The molecule has 1 N–H and O–H groups in total. The molecule has 2 heterocycles. The molecule has 0 spiro atoms. The van der Waals surface area contributed by atoms with Crippen molar-refractivity contribution in [1.82, 2.24) is 9.88 Å². The van der Waals surface area contributed by atoms with Crippen LogP contribution in [0.15, 0.2) is 29.6 Å². The van der Waals surface area contributed by atoms with Crippen molar-refractivity contribution in [3.8, 4) is 16.3 Å². The first-order chi connectivity index (χ1) is 12.1. The monoisotopic (exact) mass is 360 g/mol. The van der Waals surface area contributed by atoms with Crippen LogP contribution in [0.2, 0.25) is 0 Å². The highest BCUT2D eigenvalue weighted by Gasteiger charge is 2.21. The van der Waals surface area contributed by atoms with E-state index in [0.717, 1.165) is 60.9 Å². The number of methoxy groups -OCH3 is 1. The average Bonchev–Trinajstić information content (AvgIpc) is 3.09. The van der Waals surface area contributed by atoms with Crippen LogP contribution >= 0.6 is 11.3 Å². The Morgan fingerprint density at radius 3 is 2.92 bits per heavy atom. The third kappa shape index (κ3) is 5.03. The SMILES string of the molecule is COc1ccc(-c2nc(CN3CCCC(CCC(=O)O)C3)cs2)cc1. The van der Waals surface area contributed by atoms with E-state index in [-0.39, 0.29) is 6.42 Å². The van der Waals surface area contributed by atoms with Gasteiger partial charge in [0.15, 0.2) is 0 Å². The van der Waals surface area contributed by atoms with Gasteiger partial charge < -0.3 is 9.84 Å². The Labute approximate surface area is 152 Å². The second-order valence-corrected chi connectivity index (χ2v) is 7.41. The van der Waals surface area contributed by atoms with Crippen molar-refractivity contribution < 1.29 is 14.6 Å². The number of ether oxygens (including phenoxy) is 1. The van der Waals surface area contributed by atoms with Crippen molar-refractivity contribution in [1.29, 1.82) is 0 Å². The number of benzene rings is 1. The van der Waals surface area contributed by atoms with E-state index in [1.807, 2.05) is 24.3 Å². The maximum Gasteiger partial charge on any atom is 0.303 e. The minimum atomic E-state index is -0.694. The number of rotatable bonds is 7. The number of thiazole rings is 1. The molecule has 0 aliphatic carbocycles. The van der Waals surface area contributed by atoms with Crippen LogP contribution in [-0.2, 0) is 11.3 Å². The summed E-state index contributed by atoms with van der Waals surface area (Å²) in [7, 11) is 1.67. The molecule has 25 heavy (non-hydrogen) atoms. The van der Waals surface area contributed by atoms with Crippen molar-refractivity contribution in [2.75, 3.05) is 20.2 Å². The Bertz CT molecular complexity index is 699. The van der Waals surface area contributed by atoms with Gasteiger partial charge in [-0.2, -0.15) is 0 Å². The number of hydrogen-bond donors (Lipinski definition) is 1. The summed E-state index contributed by atoms with van der Waals surface area (Å²) < 4.78 is 5.19. The first kappa shape index (κ1) is 17.9. The summed E-state index contributed by atoms with van der Waals surface area (Å²) in [6, 6.07) is 7.97. The van der Waals surface area contributed by atoms with Gasteiger partial charge in [-0.1, -0.05) is 0 Å². The van der Waals surface area contributed by atoms with E-state index < -0.39 is 5.97 Å². The highest BCUT2D eigenvalue weighted by Crippen LogP contribution is 2.27. The number of hydrogen-bond acceptors (Lipinski definition) is 5. The lowest BCUT2D eigenvalue weighted by atomic mass is 9.93. The Morgan fingerprint density at radius 1 is 1.40 bits per heavy atom. The van der Waals surface area contributed by atoms with Gasteiger partial charge in [0, 0.05) is 30.5 Å². The zero-order valence-electron chi connectivity index (χ0n) is 14.5. The molecule has 3 rings (SSSR count). The van der Waals surface area contributed by atoms with Crippen LogP contribution in [0.25, 0.3) is 10.6 Å². The number of carboxylic acids is 1. The number of aromatic nitrogens is 1. The van der Waals surface area contributed by atoms with Crippen LogP contribution in [0.3, 0.4) is 0 Å². The second-order valence-electron chi connectivity index (χ2n) is 6.55.